The molecule has 1 aromatic heterocycles. The van der Waals surface area contributed by atoms with Crippen LogP contribution in [0.2, 0.25) is 0 Å². The average Bonchev–Trinajstić information content (AvgIpc) is 2.75. The van der Waals surface area contributed by atoms with Gasteiger partial charge in [-0.2, -0.15) is 0 Å². The molecular weight excluding hydrogens is 260 g/mol. The smallest absolute Gasteiger partial charge is 0.352 e. The first-order chi connectivity index (χ1) is 8.36. The molecule has 0 bridgehead atoms. The predicted octanol–water partition coefficient (Wildman–Crippen LogP) is 0.152. The van der Waals surface area contributed by atoms with Crippen LogP contribution in [-0.2, 0) is 10.0 Å². The van der Waals surface area contributed by atoms with Gasteiger partial charge in [0, 0.05) is 18.8 Å². The molecule has 7 nitrogen and oxygen atoms in total. The molecule has 1 unspecified atom stereocenters. The van der Waals surface area contributed by atoms with Crippen molar-refractivity contribution >= 4 is 16.0 Å². The van der Waals surface area contributed by atoms with E-state index in [2.05, 4.69) is 9.71 Å². The van der Waals surface area contributed by atoms with Crippen LogP contribution >= 0.6 is 0 Å². The topological polar surface area (TPSA) is 119 Å². The molecule has 102 valence electrons. The van der Waals surface area contributed by atoms with E-state index in [1.165, 1.54) is 0 Å². The molecular formula is C10H16N2O5S. The third-order valence-corrected chi connectivity index (χ3v) is 3.92. The molecule has 0 fully saturated rings. The van der Waals surface area contributed by atoms with Crippen LogP contribution in [0.4, 0.5) is 0 Å². The molecule has 1 atom stereocenters. The number of nitrogens with one attached hydrogen (secondary N) is 2. The van der Waals surface area contributed by atoms with E-state index in [9.17, 15) is 13.2 Å². The Kier molecular flexibility index (Phi) is 4.88. The van der Waals surface area contributed by atoms with Gasteiger partial charge >= 0.3 is 5.97 Å². The van der Waals surface area contributed by atoms with Crippen LogP contribution in [0.25, 0.3) is 0 Å². The zero-order valence-corrected chi connectivity index (χ0v) is 10.7. The number of carboxylic acids is 1. The molecule has 0 aliphatic rings. The quantitative estimate of drug-likeness (QED) is 0.565. The summed E-state index contributed by atoms with van der Waals surface area (Å²) in [5.41, 5.74) is -0.182. The molecule has 0 aliphatic carbocycles. The number of rotatable bonds is 7. The summed E-state index contributed by atoms with van der Waals surface area (Å²) in [6.07, 6.45) is 2.13. The summed E-state index contributed by atoms with van der Waals surface area (Å²) in [7, 11) is -3.73. The lowest BCUT2D eigenvalue weighted by molar-refractivity contribution is 0.0691. The Morgan fingerprint density at radius 3 is 2.72 bits per heavy atom. The highest BCUT2D eigenvalue weighted by atomic mass is 32.2. The van der Waals surface area contributed by atoms with E-state index < -0.39 is 16.0 Å². The van der Waals surface area contributed by atoms with Crippen molar-refractivity contribution in [1.82, 2.24) is 9.71 Å². The van der Waals surface area contributed by atoms with Gasteiger partial charge in [-0.05, 0) is 25.8 Å². The SMILES string of the molecule is CC(CCCO)NS(=O)(=O)c1c[nH]c(C(=O)O)c1. The van der Waals surface area contributed by atoms with Crippen LogP contribution in [-0.4, -0.2) is 42.2 Å². The Bertz CT molecular complexity index is 508. The van der Waals surface area contributed by atoms with E-state index in [-0.39, 0.29) is 23.2 Å². The minimum atomic E-state index is -3.73. The first-order valence-corrected chi connectivity index (χ1v) is 6.90. The molecule has 0 aromatic carbocycles. The Hall–Kier alpha value is -1.38. The highest BCUT2D eigenvalue weighted by Gasteiger charge is 2.20. The summed E-state index contributed by atoms with van der Waals surface area (Å²) in [4.78, 5) is 12.9. The number of aromatic nitrogens is 1. The molecule has 0 aliphatic heterocycles. The zero-order valence-electron chi connectivity index (χ0n) is 9.88. The number of aromatic carboxylic acids is 1. The summed E-state index contributed by atoms with van der Waals surface area (Å²) in [6, 6.07) is 0.731. The number of aliphatic hydroxyl groups is 1. The average molecular weight is 276 g/mol. The minimum Gasteiger partial charge on any atom is -0.477 e. The third-order valence-electron chi connectivity index (χ3n) is 2.35. The highest BCUT2D eigenvalue weighted by Crippen LogP contribution is 2.12. The van der Waals surface area contributed by atoms with E-state index in [0.29, 0.717) is 12.8 Å². The maximum Gasteiger partial charge on any atom is 0.352 e. The van der Waals surface area contributed by atoms with Crippen molar-refractivity contribution in [2.24, 2.45) is 0 Å². The zero-order chi connectivity index (χ0) is 13.8. The van der Waals surface area contributed by atoms with Gasteiger partial charge in [0.15, 0.2) is 0 Å². The lowest BCUT2D eigenvalue weighted by Gasteiger charge is -2.12. The second kappa shape index (κ2) is 5.98. The summed E-state index contributed by atoms with van der Waals surface area (Å²) in [5.74, 6) is -1.22. The van der Waals surface area contributed by atoms with Crippen molar-refractivity contribution in [1.29, 1.82) is 0 Å². The van der Waals surface area contributed by atoms with E-state index in [4.69, 9.17) is 10.2 Å². The van der Waals surface area contributed by atoms with Crippen LogP contribution in [0.5, 0.6) is 0 Å². The van der Waals surface area contributed by atoms with Gasteiger partial charge in [-0.3, -0.25) is 0 Å². The van der Waals surface area contributed by atoms with Gasteiger partial charge in [0.25, 0.3) is 0 Å². The third kappa shape index (κ3) is 3.83. The molecule has 18 heavy (non-hydrogen) atoms. The van der Waals surface area contributed by atoms with Gasteiger partial charge < -0.3 is 15.2 Å². The Morgan fingerprint density at radius 1 is 1.56 bits per heavy atom. The molecule has 0 saturated heterocycles. The molecule has 4 N–H and O–H groups in total. The fraction of sp³-hybridized carbons (Fsp3) is 0.500. The maximum absolute atomic E-state index is 11.9. The van der Waals surface area contributed by atoms with E-state index in [1.54, 1.807) is 6.92 Å². The first-order valence-electron chi connectivity index (χ1n) is 5.41. The van der Waals surface area contributed by atoms with Crippen molar-refractivity contribution in [3.05, 3.63) is 18.0 Å². The fourth-order valence-corrected chi connectivity index (χ4v) is 2.71. The molecule has 8 heteroatoms. The highest BCUT2D eigenvalue weighted by molar-refractivity contribution is 7.89. The van der Waals surface area contributed by atoms with Gasteiger partial charge in [0.05, 0.1) is 0 Å². The number of carbonyl (C=O) groups is 1. The van der Waals surface area contributed by atoms with Gasteiger partial charge in [-0.1, -0.05) is 0 Å². The molecule has 0 spiro atoms. The number of aromatic amines is 1. The van der Waals surface area contributed by atoms with Crippen molar-refractivity contribution in [3.8, 4) is 0 Å². The molecule has 1 aromatic rings. The maximum atomic E-state index is 11.9. The molecule has 0 amide bonds. The molecule has 1 rings (SSSR count). The number of hydrogen-bond donors (Lipinski definition) is 4. The normalized spacial score (nSPS) is 13.4. The minimum absolute atomic E-state index is 0.000610. The van der Waals surface area contributed by atoms with Crippen LogP contribution in [0.3, 0.4) is 0 Å². The van der Waals surface area contributed by atoms with E-state index in [0.717, 1.165) is 12.3 Å². The largest absolute Gasteiger partial charge is 0.477 e. The summed E-state index contributed by atoms with van der Waals surface area (Å²) in [6.45, 7) is 1.68. The van der Waals surface area contributed by atoms with Gasteiger partial charge in [0.2, 0.25) is 10.0 Å². The Labute approximate surface area is 105 Å². The predicted molar refractivity (Wildman–Crippen MR) is 63.9 cm³/mol. The van der Waals surface area contributed by atoms with Crippen molar-refractivity contribution in [3.63, 3.8) is 0 Å². The summed E-state index contributed by atoms with van der Waals surface area (Å²) in [5, 5.41) is 17.3. The lowest BCUT2D eigenvalue weighted by Crippen LogP contribution is -2.32. The first kappa shape index (κ1) is 14.7. The van der Waals surface area contributed by atoms with Crippen LogP contribution in [0, 0.1) is 0 Å². The second-order valence-corrected chi connectivity index (χ2v) is 5.66. The Morgan fingerprint density at radius 2 is 2.22 bits per heavy atom. The van der Waals surface area contributed by atoms with Crippen LogP contribution in [0.15, 0.2) is 17.2 Å². The summed E-state index contributed by atoms with van der Waals surface area (Å²) >= 11 is 0. The summed E-state index contributed by atoms with van der Waals surface area (Å²) < 4.78 is 26.1. The molecule has 0 radical (unpaired) electrons. The van der Waals surface area contributed by atoms with Gasteiger partial charge in [-0.15, -0.1) is 0 Å². The van der Waals surface area contributed by atoms with Crippen LogP contribution < -0.4 is 4.72 Å². The Balaban J connectivity index is 2.76. The number of H-pyrrole nitrogens is 1. The monoisotopic (exact) mass is 276 g/mol. The number of sulfonamides is 1. The number of aliphatic hydroxyl groups excluding tert-OH is 1. The lowest BCUT2D eigenvalue weighted by atomic mass is 10.2. The van der Waals surface area contributed by atoms with Crippen LogP contribution in [0.1, 0.15) is 30.3 Å². The molecule has 1 heterocycles. The number of hydrogen-bond acceptors (Lipinski definition) is 4. The van der Waals surface area contributed by atoms with E-state index >= 15 is 0 Å². The van der Waals surface area contributed by atoms with E-state index in [1.807, 2.05) is 0 Å². The fourth-order valence-electron chi connectivity index (χ4n) is 1.44. The van der Waals surface area contributed by atoms with Gasteiger partial charge in [-0.25, -0.2) is 17.9 Å². The molecule has 0 saturated carbocycles. The van der Waals surface area contributed by atoms with Crippen molar-refractivity contribution in [2.45, 2.75) is 30.7 Å². The van der Waals surface area contributed by atoms with Crippen molar-refractivity contribution < 1.29 is 23.4 Å². The van der Waals surface area contributed by atoms with Crippen molar-refractivity contribution in [2.75, 3.05) is 6.61 Å². The number of carboxylic acid groups (broad SMARTS) is 1. The standard InChI is InChI=1S/C10H16N2O5S/c1-7(3-2-4-13)12-18(16,17)8-5-9(10(14)15)11-6-8/h5-7,11-13H,2-4H2,1H3,(H,14,15). The second-order valence-electron chi connectivity index (χ2n) is 3.94. The van der Waals surface area contributed by atoms with Gasteiger partial charge in [0.1, 0.15) is 10.6 Å².